The highest BCUT2D eigenvalue weighted by molar-refractivity contribution is 14.0. The molecule has 1 unspecified atom stereocenters. The van der Waals surface area contributed by atoms with Crippen molar-refractivity contribution in [2.45, 2.75) is 44.7 Å². The third kappa shape index (κ3) is 7.46. The Morgan fingerprint density at radius 3 is 2.67 bits per heavy atom. The molecule has 2 aromatic rings. The number of aliphatic imine (C=N–C) groups is 1. The van der Waals surface area contributed by atoms with Crippen LogP contribution in [0.1, 0.15) is 43.9 Å². The summed E-state index contributed by atoms with van der Waals surface area (Å²) >= 11 is 0. The first-order valence-electron chi connectivity index (χ1n) is 10.7. The minimum atomic E-state index is 0. The SMILES string of the molecule is CN=C(NCCCCn1ccccc1=O)NCC(c1ccco1)N1CCCCC1.I. The molecule has 3 heterocycles. The smallest absolute Gasteiger partial charge is 0.250 e. The Bertz CT molecular complexity index is 800. The van der Waals surface area contributed by atoms with Crippen LogP contribution < -0.4 is 16.2 Å². The minimum Gasteiger partial charge on any atom is -0.468 e. The van der Waals surface area contributed by atoms with Crippen LogP contribution in [0.2, 0.25) is 0 Å². The molecule has 1 aliphatic heterocycles. The van der Waals surface area contributed by atoms with Crippen LogP contribution in [0.4, 0.5) is 0 Å². The van der Waals surface area contributed by atoms with E-state index in [-0.39, 0.29) is 35.6 Å². The van der Waals surface area contributed by atoms with Gasteiger partial charge in [-0.2, -0.15) is 0 Å². The number of halogens is 1. The van der Waals surface area contributed by atoms with Gasteiger partial charge in [0.2, 0.25) is 5.56 Å². The van der Waals surface area contributed by atoms with Crippen molar-refractivity contribution in [3.8, 4) is 0 Å². The zero-order valence-corrected chi connectivity index (χ0v) is 20.1. The Balaban J connectivity index is 0.00000320. The summed E-state index contributed by atoms with van der Waals surface area (Å²) in [7, 11) is 1.79. The summed E-state index contributed by atoms with van der Waals surface area (Å²) in [5, 5.41) is 6.83. The predicted octanol–water partition coefficient (Wildman–Crippen LogP) is 3.23. The summed E-state index contributed by atoms with van der Waals surface area (Å²) < 4.78 is 7.46. The van der Waals surface area contributed by atoms with E-state index in [1.54, 1.807) is 30.0 Å². The second-order valence-electron chi connectivity index (χ2n) is 7.45. The maximum atomic E-state index is 11.7. The number of unbranched alkanes of at least 4 members (excludes halogenated alkanes) is 1. The van der Waals surface area contributed by atoms with Crippen molar-refractivity contribution in [1.82, 2.24) is 20.1 Å². The fourth-order valence-corrected chi connectivity index (χ4v) is 3.79. The molecule has 30 heavy (non-hydrogen) atoms. The molecular weight excluding hydrogens is 493 g/mol. The number of furan rings is 1. The molecule has 0 radical (unpaired) electrons. The lowest BCUT2D eigenvalue weighted by atomic mass is 10.1. The molecule has 2 N–H and O–H groups in total. The Morgan fingerprint density at radius 2 is 1.97 bits per heavy atom. The van der Waals surface area contributed by atoms with Crippen LogP contribution in [0.3, 0.4) is 0 Å². The molecule has 0 spiro atoms. The van der Waals surface area contributed by atoms with Gasteiger partial charge in [-0.3, -0.25) is 14.7 Å². The number of hydrogen-bond donors (Lipinski definition) is 2. The third-order valence-electron chi connectivity index (χ3n) is 5.41. The number of nitrogens with zero attached hydrogens (tertiary/aromatic N) is 3. The maximum Gasteiger partial charge on any atom is 0.250 e. The van der Waals surface area contributed by atoms with E-state index < -0.39 is 0 Å². The minimum absolute atomic E-state index is 0. The van der Waals surface area contributed by atoms with Gasteiger partial charge in [-0.25, -0.2) is 0 Å². The molecule has 1 fully saturated rings. The zero-order chi connectivity index (χ0) is 20.3. The Morgan fingerprint density at radius 1 is 1.13 bits per heavy atom. The van der Waals surface area contributed by atoms with Crippen molar-refractivity contribution >= 4 is 29.9 Å². The molecule has 0 aromatic carbocycles. The van der Waals surface area contributed by atoms with Gasteiger partial charge in [0.15, 0.2) is 5.96 Å². The van der Waals surface area contributed by atoms with E-state index in [2.05, 4.69) is 26.6 Å². The molecule has 1 aliphatic rings. The third-order valence-corrected chi connectivity index (χ3v) is 5.41. The van der Waals surface area contributed by atoms with E-state index in [0.717, 1.165) is 57.3 Å². The van der Waals surface area contributed by atoms with Crippen LogP contribution in [0.25, 0.3) is 0 Å². The van der Waals surface area contributed by atoms with E-state index in [9.17, 15) is 4.79 Å². The highest BCUT2D eigenvalue weighted by atomic mass is 127. The summed E-state index contributed by atoms with van der Waals surface area (Å²) in [5.74, 6) is 1.80. The second-order valence-corrected chi connectivity index (χ2v) is 7.45. The standard InChI is InChI=1S/C22H33N5O2.HI/c1-23-22(24-12-4-8-16-27-15-7-3-11-21(27)28)25-18-19(20-10-9-17-29-20)26-13-5-2-6-14-26;/h3,7,9-11,15,17,19H,2,4-6,8,12-14,16,18H2,1H3,(H2,23,24,25);1H. The topological polar surface area (TPSA) is 74.8 Å². The van der Waals surface area contributed by atoms with Crippen LogP contribution in [0.5, 0.6) is 0 Å². The van der Waals surface area contributed by atoms with Gasteiger partial charge in [0.05, 0.1) is 12.3 Å². The highest BCUT2D eigenvalue weighted by Crippen LogP contribution is 2.24. The molecule has 2 aromatic heterocycles. The summed E-state index contributed by atoms with van der Waals surface area (Å²) in [6, 6.07) is 9.50. The fraction of sp³-hybridized carbons (Fsp3) is 0.545. The zero-order valence-electron chi connectivity index (χ0n) is 17.8. The monoisotopic (exact) mass is 527 g/mol. The van der Waals surface area contributed by atoms with E-state index in [4.69, 9.17) is 4.42 Å². The fourth-order valence-electron chi connectivity index (χ4n) is 3.79. The van der Waals surface area contributed by atoms with Gasteiger partial charge >= 0.3 is 0 Å². The van der Waals surface area contributed by atoms with Crippen molar-refractivity contribution < 1.29 is 4.42 Å². The number of aromatic nitrogens is 1. The lowest BCUT2D eigenvalue weighted by Crippen LogP contribution is -2.44. The molecule has 3 rings (SSSR count). The first kappa shape index (κ1) is 24.5. The number of hydrogen-bond acceptors (Lipinski definition) is 4. The normalized spacial score (nSPS) is 16.0. The van der Waals surface area contributed by atoms with Crippen LogP contribution in [-0.2, 0) is 6.54 Å². The summed E-state index contributed by atoms with van der Waals surface area (Å²) in [4.78, 5) is 18.6. The van der Waals surface area contributed by atoms with Crippen molar-refractivity contribution in [3.63, 3.8) is 0 Å². The van der Waals surface area contributed by atoms with Gasteiger partial charge < -0.3 is 19.6 Å². The van der Waals surface area contributed by atoms with Crippen LogP contribution in [0, 0.1) is 0 Å². The molecule has 0 bridgehead atoms. The average molecular weight is 527 g/mol. The number of rotatable bonds is 9. The Labute approximate surface area is 196 Å². The summed E-state index contributed by atoms with van der Waals surface area (Å²) in [6.45, 7) is 4.53. The number of likely N-dealkylation sites (tertiary alicyclic amines) is 1. The average Bonchev–Trinajstić information content (AvgIpc) is 3.29. The number of guanidine groups is 1. The molecule has 0 amide bonds. The summed E-state index contributed by atoms with van der Waals surface area (Å²) in [6.07, 6.45) is 9.30. The van der Waals surface area contributed by atoms with Crippen LogP contribution >= 0.6 is 24.0 Å². The molecule has 166 valence electrons. The second kappa shape index (κ2) is 13.5. The van der Waals surface area contributed by atoms with Crippen LogP contribution in [-0.4, -0.2) is 48.7 Å². The van der Waals surface area contributed by atoms with Crippen molar-refractivity contribution in [1.29, 1.82) is 0 Å². The first-order valence-corrected chi connectivity index (χ1v) is 10.7. The molecule has 8 heteroatoms. The van der Waals surface area contributed by atoms with Gasteiger partial charge in [-0.05, 0) is 57.0 Å². The number of pyridine rings is 1. The lowest BCUT2D eigenvalue weighted by Gasteiger charge is -2.33. The van der Waals surface area contributed by atoms with Gasteiger partial charge in [-0.1, -0.05) is 12.5 Å². The Hall–Kier alpha value is -1.81. The number of aryl methyl sites for hydroxylation is 1. The van der Waals surface area contributed by atoms with Gasteiger partial charge in [-0.15, -0.1) is 24.0 Å². The van der Waals surface area contributed by atoms with Gasteiger partial charge in [0.1, 0.15) is 5.76 Å². The van der Waals surface area contributed by atoms with Gasteiger partial charge in [0.25, 0.3) is 0 Å². The van der Waals surface area contributed by atoms with Crippen molar-refractivity contribution in [2.24, 2.45) is 4.99 Å². The first-order chi connectivity index (χ1) is 14.3. The predicted molar refractivity (Wildman–Crippen MR) is 132 cm³/mol. The van der Waals surface area contributed by atoms with Gasteiger partial charge in [0, 0.05) is 38.9 Å². The quantitative estimate of drug-likeness (QED) is 0.227. The molecule has 7 nitrogen and oxygen atoms in total. The van der Waals surface area contributed by atoms with E-state index in [1.807, 2.05) is 18.3 Å². The largest absolute Gasteiger partial charge is 0.468 e. The highest BCUT2D eigenvalue weighted by Gasteiger charge is 2.24. The van der Waals surface area contributed by atoms with E-state index >= 15 is 0 Å². The molecule has 0 saturated carbocycles. The lowest BCUT2D eigenvalue weighted by molar-refractivity contribution is 0.146. The summed E-state index contributed by atoms with van der Waals surface area (Å²) in [5.41, 5.74) is 0.0552. The Kier molecular flexibility index (Phi) is 11.0. The van der Waals surface area contributed by atoms with Crippen molar-refractivity contribution in [2.75, 3.05) is 33.2 Å². The van der Waals surface area contributed by atoms with E-state index in [1.165, 1.54) is 19.3 Å². The van der Waals surface area contributed by atoms with E-state index in [0.29, 0.717) is 0 Å². The van der Waals surface area contributed by atoms with Crippen LogP contribution in [0.15, 0.2) is 57.0 Å². The molecule has 1 atom stereocenters. The molecule has 1 saturated heterocycles. The number of piperidine rings is 1. The van der Waals surface area contributed by atoms with Crippen molar-refractivity contribution in [3.05, 3.63) is 58.9 Å². The number of nitrogens with one attached hydrogen (secondary N) is 2. The molecule has 0 aliphatic carbocycles. The maximum absolute atomic E-state index is 11.7. The molecular formula is C22H34IN5O2.